The Kier molecular flexibility index (Phi) is 4.21. The Balaban J connectivity index is 2.14. The van der Waals surface area contributed by atoms with Gasteiger partial charge in [-0.3, -0.25) is 4.79 Å². The van der Waals surface area contributed by atoms with Gasteiger partial charge in [-0.05, 0) is 39.0 Å². The summed E-state index contributed by atoms with van der Waals surface area (Å²) in [6.07, 6.45) is 5.57. The first-order valence-electron chi connectivity index (χ1n) is 8.26. The Bertz CT molecular complexity index is 921. The fraction of sp³-hybridized carbons (Fsp3) is 0.238. The number of anilines is 1. The van der Waals surface area contributed by atoms with Gasteiger partial charge in [0.05, 0.1) is 11.3 Å². The normalized spacial score (nSPS) is 18.5. The van der Waals surface area contributed by atoms with Crippen molar-refractivity contribution >= 4 is 17.6 Å². The number of hydrogen-bond acceptors (Lipinski definition) is 4. The van der Waals surface area contributed by atoms with Crippen molar-refractivity contribution in [1.29, 1.82) is 0 Å². The third kappa shape index (κ3) is 3.02. The maximum Gasteiger partial charge on any atom is 0.341 e. The lowest BCUT2D eigenvalue weighted by molar-refractivity contribution is -0.139. The van der Waals surface area contributed by atoms with Crippen LogP contribution in [0.3, 0.4) is 0 Å². The van der Waals surface area contributed by atoms with Crippen LogP contribution in [-0.2, 0) is 15.3 Å². The van der Waals surface area contributed by atoms with E-state index in [1.165, 1.54) is 0 Å². The van der Waals surface area contributed by atoms with Crippen molar-refractivity contribution in [2.45, 2.75) is 32.0 Å². The fourth-order valence-corrected chi connectivity index (χ4v) is 2.87. The number of fused-ring (bicyclic) bond motifs is 1. The SMILES string of the molecule is C#Cc1ccccc1NC1(C(=O)NC(C)(C)C)OC(=O)c2ccccc21. The highest BCUT2D eigenvalue weighted by Gasteiger charge is 2.52. The lowest BCUT2D eigenvalue weighted by atomic mass is 9.96. The summed E-state index contributed by atoms with van der Waals surface area (Å²) in [6, 6.07) is 13.9. The van der Waals surface area contributed by atoms with E-state index in [0.29, 0.717) is 22.4 Å². The molecule has 26 heavy (non-hydrogen) atoms. The molecule has 1 amide bonds. The van der Waals surface area contributed by atoms with Crippen LogP contribution in [-0.4, -0.2) is 17.4 Å². The van der Waals surface area contributed by atoms with E-state index in [2.05, 4.69) is 16.6 Å². The van der Waals surface area contributed by atoms with Gasteiger partial charge in [0.15, 0.2) is 0 Å². The first-order chi connectivity index (χ1) is 12.3. The smallest absolute Gasteiger partial charge is 0.341 e. The number of hydrogen-bond donors (Lipinski definition) is 2. The molecule has 2 aromatic carbocycles. The first kappa shape index (κ1) is 17.6. The van der Waals surface area contributed by atoms with Crippen LogP contribution in [0.15, 0.2) is 48.5 Å². The molecule has 0 saturated carbocycles. The predicted octanol–water partition coefficient (Wildman–Crippen LogP) is 3.02. The molecule has 0 saturated heterocycles. The van der Waals surface area contributed by atoms with Crippen LogP contribution in [0.25, 0.3) is 0 Å². The van der Waals surface area contributed by atoms with Gasteiger partial charge in [-0.25, -0.2) is 4.79 Å². The van der Waals surface area contributed by atoms with Gasteiger partial charge >= 0.3 is 5.97 Å². The number of terminal acetylenes is 1. The molecule has 1 atom stereocenters. The van der Waals surface area contributed by atoms with E-state index in [-0.39, 0.29) is 0 Å². The summed E-state index contributed by atoms with van der Waals surface area (Å²) >= 11 is 0. The number of ether oxygens (including phenoxy) is 1. The molecule has 132 valence electrons. The largest absolute Gasteiger partial charge is 0.421 e. The van der Waals surface area contributed by atoms with Crippen LogP contribution in [0, 0.1) is 12.3 Å². The molecule has 5 heteroatoms. The van der Waals surface area contributed by atoms with Crippen molar-refractivity contribution < 1.29 is 14.3 Å². The molecular weight excluding hydrogens is 328 g/mol. The average Bonchev–Trinajstić information content (AvgIpc) is 2.88. The van der Waals surface area contributed by atoms with E-state index < -0.39 is 23.1 Å². The van der Waals surface area contributed by atoms with Crippen LogP contribution in [0.2, 0.25) is 0 Å². The lowest BCUT2D eigenvalue weighted by Gasteiger charge is -2.33. The number of amides is 1. The Hall–Kier alpha value is -3.26. The van der Waals surface area contributed by atoms with Crippen molar-refractivity contribution in [3.8, 4) is 12.3 Å². The first-order valence-corrected chi connectivity index (χ1v) is 8.26. The van der Waals surface area contributed by atoms with Gasteiger partial charge in [-0.15, -0.1) is 6.42 Å². The number of rotatable bonds is 3. The number of cyclic esters (lactones) is 1. The minimum atomic E-state index is -1.69. The van der Waals surface area contributed by atoms with Gasteiger partial charge in [0.25, 0.3) is 11.6 Å². The van der Waals surface area contributed by atoms with Gasteiger partial charge in [-0.1, -0.05) is 36.3 Å². The summed E-state index contributed by atoms with van der Waals surface area (Å²) in [6.45, 7) is 5.57. The second kappa shape index (κ2) is 6.23. The lowest BCUT2D eigenvalue weighted by Crippen LogP contribution is -2.55. The predicted molar refractivity (Wildman–Crippen MR) is 99.4 cm³/mol. The zero-order chi connectivity index (χ0) is 18.9. The molecule has 0 aromatic heterocycles. The number of carbonyl (C=O) groups excluding carboxylic acids is 2. The fourth-order valence-electron chi connectivity index (χ4n) is 2.87. The third-order valence-corrected chi connectivity index (χ3v) is 3.97. The molecular formula is C21H20N2O3. The molecule has 5 nitrogen and oxygen atoms in total. The number of benzene rings is 2. The summed E-state index contributed by atoms with van der Waals surface area (Å²) in [7, 11) is 0. The molecule has 2 N–H and O–H groups in total. The van der Waals surface area contributed by atoms with Crippen molar-refractivity contribution in [1.82, 2.24) is 5.32 Å². The Morgan fingerprint density at radius 1 is 1.12 bits per heavy atom. The van der Waals surface area contributed by atoms with Gasteiger partial charge in [0, 0.05) is 16.7 Å². The summed E-state index contributed by atoms with van der Waals surface area (Å²) in [5.41, 5.74) is -0.296. The number of carbonyl (C=O) groups is 2. The van der Waals surface area contributed by atoms with E-state index in [1.54, 1.807) is 48.5 Å². The molecule has 1 aliphatic heterocycles. The molecule has 3 rings (SSSR count). The molecule has 1 aliphatic rings. The van der Waals surface area contributed by atoms with Gasteiger partial charge < -0.3 is 15.4 Å². The van der Waals surface area contributed by atoms with E-state index in [4.69, 9.17) is 11.2 Å². The third-order valence-electron chi connectivity index (χ3n) is 3.97. The Morgan fingerprint density at radius 2 is 1.77 bits per heavy atom. The summed E-state index contributed by atoms with van der Waals surface area (Å²) < 4.78 is 5.60. The summed E-state index contributed by atoms with van der Waals surface area (Å²) in [5, 5.41) is 5.98. The van der Waals surface area contributed by atoms with Crippen molar-refractivity contribution in [3.05, 3.63) is 65.2 Å². The number of esters is 1. The number of nitrogens with one attached hydrogen (secondary N) is 2. The van der Waals surface area contributed by atoms with Gasteiger partial charge in [0.1, 0.15) is 0 Å². The molecule has 0 spiro atoms. The molecule has 0 bridgehead atoms. The summed E-state index contributed by atoms with van der Waals surface area (Å²) in [4.78, 5) is 25.6. The van der Waals surface area contributed by atoms with Crippen LogP contribution >= 0.6 is 0 Å². The van der Waals surface area contributed by atoms with Crippen molar-refractivity contribution in [3.63, 3.8) is 0 Å². The standard InChI is InChI=1S/C21H20N2O3/c1-5-14-10-6-9-13-17(14)22-21(19(25)23-20(2,3)4)16-12-8-7-11-15(16)18(24)26-21/h1,6-13,22H,2-4H3,(H,23,25). The minimum Gasteiger partial charge on any atom is -0.421 e. The average molecular weight is 348 g/mol. The van der Waals surface area contributed by atoms with Crippen molar-refractivity contribution in [2.24, 2.45) is 0 Å². The van der Waals surface area contributed by atoms with Gasteiger partial charge in [-0.2, -0.15) is 0 Å². The van der Waals surface area contributed by atoms with E-state index in [0.717, 1.165) is 0 Å². The topological polar surface area (TPSA) is 67.4 Å². The van der Waals surface area contributed by atoms with Crippen molar-refractivity contribution in [2.75, 3.05) is 5.32 Å². The monoisotopic (exact) mass is 348 g/mol. The minimum absolute atomic E-state index is 0.349. The van der Waals surface area contributed by atoms with Crippen LogP contribution in [0.1, 0.15) is 42.3 Å². The quantitative estimate of drug-likeness (QED) is 0.661. The maximum atomic E-state index is 13.2. The highest BCUT2D eigenvalue weighted by atomic mass is 16.6. The van der Waals surface area contributed by atoms with Crippen LogP contribution in [0.4, 0.5) is 5.69 Å². The van der Waals surface area contributed by atoms with E-state index in [9.17, 15) is 9.59 Å². The van der Waals surface area contributed by atoms with Gasteiger partial charge in [0.2, 0.25) is 0 Å². The highest BCUT2D eigenvalue weighted by molar-refractivity contribution is 6.03. The molecule has 0 fully saturated rings. The van der Waals surface area contributed by atoms with E-state index >= 15 is 0 Å². The number of para-hydroxylation sites is 1. The van der Waals surface area contributed by atoms with Crippen LogP contribution < -0.4 is 10.6 Å². The molecule has 1 unspecified atom stereocenters. The zero-order valence-electron chi connectivity index (χ0n) is 14.9. The maximum absolute atomic E-state index is 13.2. The Morgan fingerprint density at radius 3 is 2.46 bits per heavy atom. The highest BCUT2D eigenvalue weighted by Crippen LogP contribution is 2.38. The second-order valence-electron chi connectivity index (χ2n) is 7.14. The molecule has 0 radical (unpaired) electrons. The second-order valence-corrected chi connectivity index (χ2v) is 7.14. The molecule has 1 heterocycles. The molecule has 0 aliphatic carbocycles. The van der Waals surface area contributed by atoms with Crippen LogP contribution in [0.5, 0.6) is 0 Å². The zero-order valence-corrected chi connectivity index (χ0v) is 14.9. The van der Waals surface area contributed by atoms with E-state index in [1.807, 2.05) is 20.8 Å². The summed E-state index contributed by atoms with van der Waals surface area (Å²) in [5.74, 6) is 1.55. The molecule has 2 aromatic rings. The Labute approximate surface area is 152 Å².